The van der Waals surface area contributed by atoms with Crippen molar-refractivity contribution < 1.29 is 23.9 Å². The number of phenolic OH excluding ortho intramolecular Hbond substituents is 1. The predicted molar refractivity (Wildman–Crippen MR) is 164 cm³/mol. The Balaban J connectivity index is 0.000000227. The molecular weight excluding hydrogens is 535 g/mol. The fourth-order valence-corrected chi connectivity index (χ4v) is 4.69. The second-order valence-corrected chi connectivity index (χ2v) is 10.3. The number of rotatable bonds is 8. The van der Waals surface area contributed by atoms with Crippen LogP contribution in [0.1, 0.15) is 74.1 Å². The van der Waals surface area contributed by atoms with E-state index in [2.05, 4.69) is 32.7 Å². The molecule has 0 radical (unpaired) electrons. The second kappa shape index (κ2) is 15.8. The Morgan fingerprint density at radius 2 is 1.88 bits per heavy atom. The van der Waals surface area contributed by atoms with Crippen molar-refractivity contribution in [2.45, 2.75) is 58.5 Å². The van der Waals surface area contributed by atoms with Crippen LogP contribution in [0.2, 0.25) is 0 Å². The first kappa shape index (κ1) is 32.4. The molecule has 1 aromatic heterocycles. The summed E-state index contributed by atoms with van der Waals surface area (Å²) in [7, 11) is 2.00. The predicted octanol–water partition coefficient (Wildman–Crippen LogP) is 5.42. The maximum Gasteiger partial charge on any atom is 0.270 e. The molecule has 42 heavy (non-hydrogen) atoms. The lowest BCUT2D eigenvalue weighted by Gasteiger charge is -2.23. The van der Waals surface area contributed by atoms with E-state index < -0.39 is 5.91 Å². The lowest BCUT2D eigenvalue weighted by Crippen LogP contribution is -2.42. The average Bonchev–Trinajstić information content (AvgIpc) is 3.73. The number of hydrogen-bond acceptors (Lipinski definition) is 6. The van der Waals surface area contributed by atoms with Crippen molar-refractivity contribution in [2.24, 2.45) is 5.92 Å². The summed E-state index contributed by atoms with van der Waals surface area (Å²) in [6.07, 6.45) is 9.47. The van der Waals surface area contributed by atoms with Gasteiger partial charge in [0.25, 0.3) is 5.91 Å². The normalized spacial score (nSPS) is 17.0. The van der Waals surface area contributed by atoms with Crippen molar-refractivity contribution >= 4 is 35.1 Å². The fourth-order valence-electron chi connectivity index (χ4n) is 4.69. The maximum atomic E-state index is 12.9. The molecule has 1 saturated carbocycles. The van der Waals surface area contributed by atoms with Gasteiger partial charge in [0.1, 0.15) is 23.5 Å². The number of hydrogen-bond donors (Lipinski definition) is 3. The van der Waals surface area contributed by atoms with Crippen LogP contribution in [0.15, 0.2) is 54.6 Å². The number of likely N-dealkylation sites (N-methyl/N-ethyl adjacent to an activating group) is 1. The van der Waals surface area contributed by atoms with Crippen LogP contribution in [0.5, 0.6) is 5.75 Å². The van der Waals surface area contributed by atoms with Gasteiger partial charge in [0.2, 0.25) is 5.91 Å². The van der Waals surface area contributed by atoms with Crippen LogP contribution in [-0.4, -0.2) is 59.3 Å². The number of allylic oxidation sites excluding steroid dienone is 1. The number of benzene rings is 2. The molecule has 1 aliphatic carbocycles. The number of fused-ring (bicyclic) bond motifs is 1. The van der Waals surface area contributed by atoms with E-state index >= 15 is 0 Å². The van der Waals surface area contributed by atoms with Gasteiger partial charge in [0.05, 0.1) is 24.1 Å². The van der Waals surface area contributed by atoms with Crippen molar-refractivity contribution in [3.8, 4) is 5.75 Å². The molecule has 2 atom stereocenters. The standard InChI is InChI=1S/C19H26N2O2.C12H9FN2O2.C2H6/c1-13(20-19(23)18-4-3-11-21(18)2)17-12-16(22)10-9-15(17)8-7-14-5-6-14;13-9-2-4-10-8(7-9)1-3-11(15-10)12(17)14-5-6-16;1-2/h7-10,12-14,18,22H,3-6,11H2,1-2H3,(H,20,23);1-4,6-7H,5H2,(H,14,17);1-2H3/b8-7+;;/t13-,18?;;/m0../s1. The highest BCUT2D eigenvalue weighted by Gasteiger charge is 2.29. The van der Waals surface area contributed by atoms with Gasteiger partial charge in [-0.2, -0.15) is 0 Å². The zero-order valence-electron chi connectivity index (χ0n) is 24.8. The molecule has 8 nitrogen and oxygen atoms in total. The monoisotopic (exact) mass is 576 g/mol. The molecule has 2 heterocycles. The molecule has 0 bridgehead atoms. The lowest BCUT2D eigenvalue weighted by atomic mass is 9.99. The number of likely N-dealkylation sites (tertiary alicyclic amines) is 1. The molecule has 2 fully saturated rings. The van der Waals surface area contributed by atoms with E-state index in [0.29, 0.717) is 23.1 Å². The summed E-state index contributed by atoms with van der Waals surface area (Å²) in [6.45, 7) is 6.91. The molecule has 1 saturated heterocycles. The van der Waals surface area contributed by atoms with Gasteiger partial charge >= 0.3 is 0 Å². The van der Waals surface area contributed by atoms with Gasteiger partial charge in [0.15, 0.2) is 0 Å². The Bertz CT molecular complexity index is 1410. The number of phenols is 1. The molecule has 3 aromatic rings. The summed E-state index contributed by atoms with van der Waals surface area (Å²) < 4.78 is 12.9. The summed E-state index contributed by atoms with van der Waals surface area (Å²) >= 11 is 0. The van der Waals surface area contributed by atoms with Crippen molar-refractivity contribution in [3.05, 3.63) is 77.2 Å². The number of carbonyl (C=O) groups is 3. The van der Waals surface area contributed by atoms with E-state index in [9.17, 15) is 23.9 Å². The number of carbonyl (C=O) groups excluding carboxylic acids is 3. The van der Waals surface area contributed by atoms with E-state index in [1.807, 2.05) is 33.9 Å². The number of amides is 2. The van der Waals surface area contributed by atoms with Crippen molar-refractivity contribution in [1.29, 1.82) is 0 Å². The molecule has 2 aromatic carbocycles. The zero-order valence-corrected chi connectivity index (χ0v) is 24.8. The molecular formula is C33H41FN4O4. The molecule has 1 aliphatic heterocycles. The maximum absolute atomic E-state index is 12.9. The van der Waals surface area contributed by atoms with Gasteiger partial charge in [-0.1, -0.05) is 38.1 Å². The van der Waals surface area contributed by atoms with Crippen LogP contribution >= 0.6 is 0 Å². The first-order chi connectivity index (χ1) is 20.2. The fraction of sp³-hybridized carbons (Fsp3) is 0.394. The summed E-state index contributed by atoms with van der Waals surface area (Å²) in [5.41, 5.74) is 2.77. The minimum atomic E-state index is -0.427. The minimum absolute atomic E-state index is 0.0276. The Morgan fingerprint density at radius 3 is 2.55 bits per heavy atom. The van der Waals surface area contributed by atoms with Crippen molar-refractivity contribution in [3.63, 3.8) is 0 Å². The molecule has 2 aliphatic rings. The third-order valence-corrected chi connectivity index (χ3v) is 7.12. The van der Waals surface area contributed by atoms with E-state index in [1.54, 1.807) is 18.2 Å². The van der Waals surface area contributed by atoms with E-state index in [0.717, 1.165) is 30.5 Å². The number of nitrogens with zero attached hydrogens (tertiary/aromatic N) is 2. The molecule has 5 rings (SSSR count). The highest BCUT2D eigenvalue weighted by molar-refractivity contribution is 5.95. The van der Waals surface area contributed by atoms with Gasteiger partial charge in [0, 0.05) is 5.39 Å². The number of halogens is 1. The molecule has 224 valence electrons. The van der Waals surface area contributed by atoms with Gasteiger partial charge in [-0.05, 0) is 99.6 Å². The van der Waals surface area contributed by atoms with Crippen LogP contribution in [-0.2, 0) is 9.59 Å². The van der Waals surface area contributed by atoms with Crippen LogP contribution in [0.25, 0.3) is 17.0 Å². The first-order valence-electron chi connectivity index (χ1n) is 14.5. The summed E-state index contributed by atoms with van der Waals surface area (Å²) in [4.78, 5) is 40.3. The van der Waals surface area contributed by atoms with E-state index in [-0.39, 0.29) is 41.8 Å². The van der Waals surface area contributed by atoms with Crippen LogP contribution in [0, 0.1) is 11.7 Å². The molecule has 3 N–H and O–H groups in total. The van der Waals surface area contributed by atoms with Gasteiger partial charge < -0.3 is 20.5 Å². The van der Waals surface area contributed by atoms with E-state index in [4.69, 9.17) is 0 Å². The van der Waals surface area contributed by atoms with Crippen molar-refractivity contribution in [1.82, 2.24) is 20.5 Å². The number of aromatic hydroxyl groups is 1. The van der Waals surface area contributed by atoms with Gasteiger partial charge in [-0.3, -0.25) is 14.5 Å². The molecule has 0 spiro atoms. The zero-order chi connectivity index (χ0) is 30.6. The molecule has 1 unspecified atom stereocenters. The summed E-state index contributed by atoms with van der Waals surface area (Å²) in [5, 5.41) is 15.9. The number of aldehydes is 1. The number of pyridine rings is 1. The lowest BCUT2D eigenvalue weighted by molar-refractivity contribution is -0.125. The Morgan fingerprint density at radius 1 is 1.12 bits per heavy atom. The Labute approximate surface area is 247 Å². The van der Waals surface area contributed by atoms with E-state index in [1.165, 1.54) is 37.1 Å². The summed E-state index contributed by atoms with van der Waals surface area (Å²) in [6, 6.07) is 12.5. The highest BCUT2D eigenvalue weighted by Crippen LogP contribution is 2.32. The van der Waals surface area contributed by atoms with Crippen LogP contribution in [0.4, 0.5) is 4.39 Å². The average molecular weight is 577 g/mol. The Kier molecular flexibility index (Phi) is 12.2. The topological polar surface area (TPSA) is 112 Å². The van der Waals surface area contributed by atoms with Crippen LogP contribution < -0.4 is 10.6 Å². The smallest absolute Gasteiger partial charge is 0.270 e. The van der Waals surface area contributed by atoms with Crippen molar-refractivity contribution in [2.75, 3.05) is 20.1 Å². The highest BCUT2D eigenvalue weighted by atomic mass is 19.1. The van der Waals surface area contributed by atoms with Gasteiger partial charge in [-0.15, -0.1) is 0 Å². The third kappa shape index (κ3) is 9.21. The summed E-state index contributed by atoms with van der Waals surface area (Å²) in [5.74, 6) is 0.245. The SMILES string of the molecule is CC.C[C@H](NC(=O)C1CCCN1C)c1cc(O)ccc1/C=C/C1CC1.O=CCNC(=O)c1ccc2cc(F)ccc2n1. The molecule has 9 heteroatoms. The number of aromatic nitrogens is 1. The minimum Gasteiger partial charge on any atom is -0.508 e. The van der Waals surface area contributed by atoms with Crippen LogP contribution in [0.3, 0.4) is 0 Å². The molecule has 2 amide bonds. The largest absolute Gasteiger partial charge is 0.508 e. The quantitative estimate of drug-likeness (QED) is 0.309. The third-order valence-electron chi connectivity index (χ3n) is 7.12. The first-order valence-corrected chi connectivity index (χ1v) is 14.5. The second-order valence-electron chi connectivity index (χ2n) is 10.3. The number of nitrogens with one attached hydrogen (secondary N) is 2. The Hall–Kier alpha value is -4.11. The van der Waals surface area contributed by atoms with Gasteiger partial charge in [-0.25, -0.2) is 9.37 Å².